The molecule has 4 aliphatic rings. The van der Waals surface area contributed by atoms with Crippen molar-refractivity contribution in [3.05, 3.63) is 11.6 Å². The van der Waals surface area contributed by atoms with E-state index in [0.29, 0.717) is 31.2 Å². The maximum atomic E-state index is 12.9. The van der Waals surface area contributed by atoms with Gasteiger partial charge in [-0.05, 0) is 113 Å². The second kappa shape index (κ2) is 20.6. The summed E-state index contributed by atoms with van der Waals surface area (Å²) in [6.07, 6.45) is 12.0. The largest absolute Gasteiger partial charge is 0.469 e. The third-order valence-electron chi connectivity index (χ3n) is 14.0. The van der Waals surface area contributed by atoms with Crippen molar-refractivity contribution in [1.82, 2.24) is 5.32 Å². The van der Waals surface area contributed by atoms with Crippen LogP contribution in [0.4, 0.5) is 4.79 Å². The monoisotopic (exact) mass is 766 g/mol. The molecule has 3 aliphatic carbocycles. The minimum absolute atomic E-state index is 0.153. The van der Waals surface area contributed by atoms with E-state index in [0.717, 1.165) is 61.2 Å². The van der Waals surface area contributed by atoms with E-state index in [-0.39, 0.29) is 12.7 Å². The molecule has 3 fully saturated rings. The van der Waals surface area contributed by atoms with Gasteiger partial charge in [0, 0.05) is 13.0 Å². The molecule has 0 aromatic rings. The summed E-state index contributed by atoms with van der Waals surface area (Å²) in [5, 5.41) is 43.3. The number of carbonyl (C=O) groups excluding carboxylic acids is 2. The topological polar surface area (TPSA) is 164 Å². The van der Waals surface area contributed by atoms with E-state index in [1.165, 1.54) is 71.0 Å². The van der Waals surface area contributed by atoms with Crippen LogP contribution in [0.2, 0.25) is 0 Å². The first kappa shape index (κ1) is 44.9. The van der Waals surface area contributed by atoms with Crippen molar-refractivity contribution in [2.45, 2.75) is 174 Å². The zero-order chi connectivity index (χ0) is 39.6. The van der Waals surface area contributed by atoms with Gasteiger partial charge in [0.2, 0.25) is 0 Å². The predicted octanol–water partition coefficient (Wildman–Crippen LogP) is 6.68. The zero-order valence-corrected chi connectivity index (χ0v) is 34.5. The van der Waals surface area contributed by atoms with Crippen LogP contribution in [-0.4, -0.2) is 95.7 Å². The third kappa shape index (κ3) is 11.4. The number of aliphatic hydroxyl groups is 4. The molecular weight excluding hydrogens is 690 g/mol. The fourth-order valence-electron chi connectivity index (χ4n) is 10.6. The smallest absolute Gasteiger partial charge is 0.407 e. The van der Waals surface area contributed by atoms with Crippen LogP contribution in [0, 0.1) is 46.8 Å². The molecule has 312 valence electrons. The second-order valence-corrected chi connectivity index (χ2v) is 18.4. The van der Waals surface area contributed by atoms with E-state index in [9.17, 15) is 30.0 Å². The standard InChI is InChI=1S/C43H75NO10/c1-27(2)12-10-13-29(4)34-19-20-35-33-18-17-28(3)24-32(16-11-15-30(33)21-22-42(34,35)5)53-41(50)44-23-9-8-14-31(39(49)51-7)25-52-40-37(47)36(46)38(48)43(6,26-45)54-40/h17,27,29-38,40,45-48H,8-16,18-26H2,1-7H3,(H,44,50)/b28-17+/t29?,30?,31?,32?,33?,34?,35?,36?,37?,38-,40?,42+,43?/m0/s1. The number of ether oxygens (including phenoxy) is 4. The lowest BCUT2D eigenvalue weighted by molar-refractivity contribution is -0.334. The molecule has 1 heterocycles. The minimum atomic E-state index is -1.60. The van der Waals surface area contributed by atoms with E-state index in [2.05, 4.69) is 46.0 Å². The molecule has 1 saturated heterocycles. The summed E-state index contributed by atoms with van der Waals surface area (Å²) >= 11 is 0. The Hall–Kier alpha value is -1.76. The van der Waals surface area contributed by atoms with Crippen molar-refractivity contribution in [2.75, 3.05) is 26.9 Å². The molecule has 5 N–H and O–H groups in total. The molecule has 0 bridgehead atoms. The molecule has 0 radical (unpaired) electrons. The maximum Gasteiger partial charge on any atom is 0.407 e. The number of hydrogen-bond donors (Lipinski definition) is 5. The van der Waals surface area contributed by atoms with Crippen molar-refractivity contribution in [3.8, 4) is 0 Å². The van der Waals surface area contributed by atoms with E-state index >= 15 is 0 Å². The van der Waals surface area contributed by atoms with Crippen LogP contribution >= 0.6 is 0 Å². The normalized spacial score (nSPS) is 38.0. The summed E-state index contributed by atoms with van der Waals surface area (Å²) in [5.74, 6) is 3.59. The maximum absolute atomic E-state index is 12.9. The van der Waals surface area contributed by atoms with Crippen LogP contribution < -0.4 is 5.32 Å². The Morgan fingerprint density at radius 2 is 1.74 bits per heavy atom. The van der Waals surface area contributed by atoms with Gasteiger partial charge < -0.3 is 44.7 Å². The Bertz CT molecular complexity index is 1210. The number of carbonyl (C=O) groups is 2. The van der Waals surface area contributed by atoms with Crippen LogP contribution in [0.15, 0.2) is 11.6 Å². The third-order valence-corrected chi connectivity index (χ3v) is 14.0. The highest BCUT2D eigenvalue weighted by Gasteiger charge is 2.54. The van der Waals surface area contributed by atoms with Crippen molar-refractivity contribution in [1.29, 1.82) is 0 Å². The van der Waals surface area contributed by atoms with Crippen LogP contribution in [-0.2, 0) is 23.7 Å². The number of amides is 1. The Balaban J connectivity index is 1.21. The van der Waals surface area contributed by atoms with Gasteiger partial charge in [-0.15, -0.1) is 0 Å². The molecule has 0 aromatic heterocycles. The Kier molecular flexibility index (Phi) is 17.1. The summed E-state index contributed by atoms with van der Waals surface area (Å²) < 4.78 is 22.1. The average Bonchev–Trinajstić information content (AvgIpc) is 3.49. The van der Waals surface area contributed by atoms with E-state index < -0.39 is 54.8 Å². The van der Waals surface area contributed by atoms with Gasteiger partial charge in [-0.1, -0.05) is 71.4 Å². The Morgan fingerprint density at radius 1 is 0.981 bits per heavy atom. The zero-order valence-electron chi connectivity index (χ0n) is 34.5. The highest BCUT2D eigenvalue weighted by molar-refractivity contribution is 5.72. The van der Waals surface area contributed by atoms with E-state index in [1.807, 2.05) is 0 Å². The average molecular weight is 766 g/mol. The van der Waals surface area contributed by atoms with Crippen molar-refractivity contribution < 1.29 is 49.0 Å². The summed E-state index contributed by atoms with van der Waals surface area (Å²) in [4.78, 5) is 25.4. The van der Waals surface area contributed by atoms with Gasteiger partial charge in [-0.3, -0.25) is 4.79 Å². The van der Waals surface area contributed by atoms with Crippen LogP contribution in [0.1, 0.15) is 138 Å². The number of fused-ring (bicyclic) bond motifs is 3. The summed E-state index contributed by atoms with van der Waals surface area (Å²) in [6.45, 7) is 13.1. The lowest BCUT2D eigenvalue weighted by Crippen LogP contribution is -2.65. The molecule has 1 aliphatic heterocycles. The number of esters is 1. The number of allylic oxidation sites excluding steroid dienone is 1. The molecule has 0 spiro atoms. The van der Waals surface area contributed by atoms with Gasteiger partial charge in [0.15, 0.2) is 6.29 Å². The lowest BCUT2D eigenvalue weighted by atomic mass is 9.55. The number of aliphatic hydroxyl groups excluding tert-OH is 4. The van der Waals surface area contributed by atoms with Gasteiger partial charge in [-0.25, -0.2) is 4.79 Å². The number of alkyl carbamates (subject to hydrolysis) is 1. The van der Waals surface area contributed by atoms with Crippen molar-refractivity contribution in [2.24, 2.45) is 46.8 Å². The number of hydrogen-bond acceptors (Lipinski definition) is 10. The highest BCUT2D eigenvalue weighted by atomic mass is 16.7. The second-order valence-electron chi connectivity index (χ2n) is 18.4. The number of methoxy groups -OCH3 is 1. The number of nitrogens with one attached hydrogen (secondary N) is 1. The van der Waals surface area contributed by atoms with Gasteiger partial charge in [0.25, 0.3) is 0 Å². The fraction of sp³-hybridized carbons (Fsp3) is 0.907. The molecule has 0 aromatic carbocycles. The molecule has 13 atom stereocenters. The predicted molar refractivity (Wildman–Crippen MR) is 207 cm³/mol. The lowest BCUT2D eigenvalue weighted by Gasteiger charge is -2.50. The quantitative estimate of drug-likeness (QED) is 0.0651. The Morgan fingerprint density at radius 3 is 2.44 bits per heavy atom. The molecule has 1 amide bonds. The Labute approximate surface area is 325 Å². The van der Waals surface area contributed by atoms with E-state index in [1.54, 1.807) is 0 Å². The molecule has 11 unspecified atom stereocenters. The first-order valence-corrected chi connectivity index (χ1v) is 21.3. The first-order chi connectivity index (χ1) is 25.6. The summed E-state index contributed by atoms with van der Waals surface area (Å²) in [7, 11) is 1.28. The van der Waals surface area contributed by atoms with Crippen molar-refractivity contribution in [3.63, 3.8) is 0 Å². The van der Waals surface area contributed by atoms with Crippen LogP contribution in [0.25, 0.3) is 0 Å². The molecular formula is C43H75NO10. The number of rotatable bonds is 16. The highest BCUT2D eigenvalue weighted by Crippen LogP contribution is 2.62. The van der Waals surface area contributed by atoms with Gasteiger partial charge in [0.05, 0.1) is 26.2 Å². The summed E-state index contributed by atoms with van der Waals surface area (Å²) in [5.41, 5.74) is 0.236. The van der Waals surface area contributed by atoms with Gasteiger partial charge in [-0.2, -0.15) is 0 Å². The SMILES string of the molecule is COC(=O)C(CCCCNC(=O)OC1CCCC2CC[C@]3(C)C(C(C)CCCC(C)C)CCC3C2C/C=C(\C)C1)COC1OC(C)(CO)[C@@H](O)C(O)C1O. The number of unbranched alkanes of at least 4 members (excludes halogenated alkanes) is 1. The van der Waals surface area contributed by atoms with E-state index in [4.69, 9.17) is 18.9 Å². The van der Waals surface area contributed by atoms with Crippen LogP contribution in [0.5, 0.6) is 0 Å². The molecule has 11 heteroatoms. The van der Waals surface area contributed by atoms with Crippen LogP contribution in [0.3, 0.4) is 0 Å². The minimum Gasteiger partial charge on any atom is -0.469 e. The molecule has 4 rings (SSSR count). The molecule has 2 saturated carbocycles. The molecule has 11 nitrogen and oxygen atoms in total. The fourth-order valence-corrected chi connectivity index (χ4v) is 10.6. The summed E-state index contributed by atoms with van der Waals surface area (Å²) in [6, 6.07) is 0. The molecule has 54 heavy (non-hydrogen) atoms. The first-order valence-electron chi connectivity index (χ1n) is 21.3. The van der Waals surface area contributed by atoms with Crippen molar-refractivity contribution >= 4 is 12.1 Å². The van der Waals surface area contributed by atoms with Gasteiger partial charge in [0.1, 0.15) is 30.0 Å². The van der Waals surface area contributed by atoms with Gasteiger partial charge >= 0.3 is 12.1 Å².